The summed E-state index contributed by atoms with van der Waals surface area (Å²) < 4.78 is 0. The number of rotatable bonds is 8. The number of hydrogen-bond acceptors (Lipinski definition) is 2. The van der Waals surface area contributed by atoms with Gasteiger partial charge in [0.2, 0.25) is 0 Å². The van der Waals surface area contributed by atoms with Crippen molar-refractivity contribution < 1.29 is 9.90 Å². The Bertz CT molecular complexity index is 351. The van der Waals surface area contributed by atoms with E-state index < -0.39 is 12.0 Å². The molecule has 2 unspecified atom stereocenters. The molecule has 18 heavy (non-hydrogen) atoms. The molecule has 0 saturated carbocycles. The minimum absolute atomic E-state index is 0.220. The average molecular weight is 249 g/mol. The van der Waals surface area contributed by atoms with Crippen LogP contribution in [0, 0.1) is 0 Å². The summed E-state index contributed by atoms with van der Waals surface area (Å²) in [6.07, 6.45) is 3.51. The van der Waals surface area contributed by atoms with Crippen molar-refractivity contribution in [1.82, 2.24) is 5.32 Å². The van der Waals surface area contributed by atoms with Crippen LogP contribution in [0.5, 0.6) is 0 Å². The third kappa shape index (κ3) is 5.32. The molecule has 0 radical (unpaired) electrons. The first-order chi connectivity index (χ1) is 8.63. The maximum absolute atomic E-state index is 11.0. The van der Waals surface area contributed by atoms with E-state index in [0.717, 1.165) is 19.3 Å². The van der Waals surface area contributed by atoms with Crippen LogP contribution in [-0.4, -0.2) is 23.2 Å². The predicted molar refractivity (Wildman–Crippen MR) is 73.7 cm³/mol. The standard InChI is InChI=1S/C15H23NO2/c1-3-7-14(15(17)18)16-12(2)10-11-13-8-5-4-6-9-13/h4-6,8-9,12,14,16H,3,7,10-11H2,1-2H3,(H,17,18). The highest BCUT2D eigenvalue weighted by molar-refractivity contribution is 5.73. The van der Waals surface area contributed by atoms with Crippen LogP contribution in [0.2, 0.25) is 0 Å². The van der Waals surface area contributed by atoms with Gasteiger partial charge in [0.25, 0.3) is 0 Å². The largest absolute Gasteiger partial charge is 0.480 e. The molecule has 100 valence electrons. The van der Waals surface area contributed by atoms with Crippen molar-refractivity contribution in [3.8, 4) is 0 Å². The van der Waals surface area contributed by atoms with Crippen molar-refractivity contribution in [2.75, 3.05) is 0 Å². The molecule has 0 aliphatic heterocycles. The molecule has 1 rings (SSSR count). The van der Waals surface area contributed by atoms with Crippen molar-refractivity contribution in [3.05, 3.63) is 35.9 Å². The van der Waals surface area contributed by atoms with Crippen molar-refractivity contribution >= 4 is 5.97 Å². The van der Waals surface area contributed by atoms with Crippen LogP contribution < -0.4 is 5.32 Å². The lowest BCUT2D eigenvalue weighted by Gasteiger charge is -2.19. The number of carboxylic acid groups (broad SMARTS) is 1. The van der Waals surface area contributed by atoms with E-state index in [1.165, 1.54) is 5.56 Å². The summed E-state index contributed by atoms with van der Waals surface area (Å²) >= 11 is 0. The van der Waals surface area contributed by atoms with E-state index in [-0.39, 0.29) is 6.04 Å². The number of aliphatic carboxylic acids is 1. The van der Waals surface area contributed by atoms with Crippen LogP contribution >= 0.6 is 0 Å². The lowest BCUT2D eigenvalue weighted by atomic mass is 10.0. The first kappa shape index (κ1) is 14.7. The van der Waals surface area contributed by atoms with E-state index in [1.807, 2.05) is 25.1 Å². The minimum Gasteiger partial charge on any atom is -0.480 e. The predicted octanol–water partition coefficient (Wildman–Crippen LogP) is 2.85. The summed E-state index contributed by atoms with van der Waals surface area (Å²) in [6.45, 7) is 4.06. The first-order valence-corrected chi connectivity index (χ1v) is 6.66. The molecule has 0 fully saturated rings. The number of carbonyl (C=O) groups is 1. The van der Waals surface area contributed by atoms with Crippen LogP contribution in [0.15, 0.2) is 30.3 Å². The maximum atomic E-state index is 11.0. The molecule has 3 heteroatoms. The van der Waals surface area contributed by atoms with Gasteiger partial charge in [-0.15, -0.1) is 0 Å². The molecule has 2 N–H and O–H groups in total. The number of benzene rings is 1. The number of hydrogen-bond donors (Lipinski definition) is 2. The Balaban J connectivity index is 2.36. The van der Waals surface area contributed by atoms with E-state index in [9.17, 15) is 4.79 Å². The molecule has 1 aromatic rings. The van der Waals surface area contributed by atoms with Crippen molar-refractivity contribution in [3.63, 3.8) is 0 Å². The maximum Gasteiger partial charge on any atom is 0.320 e. The van der Waals surface area contributed by atoms with Gasteiger partial charge in [-0.3, -0.25) is 4.79 Å². The molecule has 0 aromatic heterocycles. The van der Waals surface area contributed by atoms with Gasteiger partial charge in [0.15, 0.2) is 0 Å². The fraction of sp³-hybridized carbons (Fsp3) is 0.533. The van der Waals surface area contributed by atoms with Crippen molar-refractivity contribution in [2.24, 2.45) is 0 Å². The van der Waals surface area contributed by atoms with Crippen LogP contribution in [0.4, 0.5) is 0 Å². The van der Waals surface area contributed by atoms with Gasteiger partial charge in [0, 0.05) is 6.04 Å². The third-order valence-corrected chi connectivity index (χ3v) is 3.07. The zero-order valence-electron chi connectivity index (χ0n) is 11.2. The first-order valence-electron chi connectivity index (χ1n) is 6.66. The molecule has 0 spiro atoms. The summed E-state index contributed by atoms with van der Waals surface area (Å²) in [5.74, 6) is -0.747. The van der Waals surface area contributed by atoms with Crippen LogP contribution in [0.25, 0.3) is 0 Å². The molecule has 0 aliphatic rings. The summed E-state index contributed by atoms with van der Waals surface area (Å²) in [5.41, 5.74) is 1.30. The van der Waals surface area contributed by atoms with E-state index in [1.54, 1.807) is 0 Å². The molecule has 1 aromatic carbocycles. The van der Waals surface area contributed by atoms with Gasteiger partial charge < -0.3 is 10.4 Å². The summed E-state index contributed by atoms with van der Waals surface area (Å²) in [7, 11) is 0. The van der Waals surface area contributed by atoms with Gasteiger partial charge in [-0.05, 0) is 31.7 Å². The summed E-state index contributed by atoms with van der Waals surface area (Å²) in [6, 6.07) is 10.1. The second kappa shape index (κ2) is 7.88. The molecule has 0 heterocycles. The van der Waals surface area contributed by atoms with Crippen LogP contribution in [0.1, 0.15) is 38.7 Å². The van der Waals surface area contributed by atoms with E-state index in [0.29, 0.717) is 6.42 Å². The van der Waals surface area contributed by atoms with Gasteiger partial charge in [-0.25, -0.2) is 0 Å². The highest BCUT2D eigenvalue weighted by Crippen LogP contribution is 2.06. The SMILES string of the molecule is CCCC(NC(C)CCc1ccccc1)C(=O)O. The Labute approximate surface area is 109 Å². The quantitative estimate of drug-likeness (QED) is 0.745. The molecule has 0 aliphatic carbocycles. The normalized spacial score (nSPS) is 14.1. The molecular formula is C15H23NO2. The van der Waals surface area contributed by atoms with E-state index in [2.05, 4.69) is 24.4 Å². The van der Waals surface area contributed by atoms with Crippen molar-refractivity contribution in [2.45, 2.75) is 51.6 Å². The molecule has 0 saturated heterocycles. The Morgan fingerprint density at radius 3 is 2.50 bits per heavy atom. The van der Waals surface area contributed by atoms with E-state index >= 15 is 0 Å². The third-order valence-electron chi connectivity index (χ3n) is 3.07. The second-order valence-electron chi connectivity index (χ2n) is 4.77. The Morgan fingerprint density at radius 1 is 1.28 bits per heavy atom. The topological polar surface area (TPSA) is 49.3 Å². The highest BCUT2D eigenvalue weighted by atomic mass is 16.4. The zero-order valence-corrected chi connectivity index (χ0v) is 11.2. The summed E-state index contributed by atoms with van der Waals surface area (Å²) in [5, 5.41) is 12.3. The number of nitrogens with one attached hydrogen (secondary N) is 1. The molecule has 3 nitrogen and oxygen atoms in total. The lowest BCUT2D eigenvalue weighted by Crippen LogP contribution is -2.42. The van der Waals surface area contributed by atoms with E-state index in [4.69, 9.17) is 5.11 Å². The lowest BCUT2D eigenvalue weighted by molar-refractivity contribution is -0.139. The minimum atomic E-state index is -0.747. The number of carboxylic acids is 1. The monoisotopic (exact) mass is 249 g/mol. The van der Waals surface area contributed by atoms with Crippen molar-refractivity contribution in [1.29, 1.82) is 0 Å². The van der Waals surface area contributed by atoms with Gasteiger partial charge >= 0.3 is 5.97 Å². The molecule has 2 atom stereocenters. The molecular weight excluding hydrogens is 226 g/mol. The Kier molecular flexibility index (Phi) is 6.44. The number of aryl methyl sites for hydroxylation is 1. The van der Waals surface area contributed by atoms with Crippen LogP contribution in [0.3, 0.4) is 0 Å². The van der Waals surface area contributed by atoms with Gasteiger partial charge in [-0.1, -0.05) is 43.7 Å². The average Bonchev–Trinajstić information content (AvgIpc) is 2.37. The smallest absolute Gasteiger partial charge is 0.320 e. The molecule has 0 amide bonds. The summed E-state index contributed by atoms with van der Waals surface area (Å²) in [4.78, 5) is 11.0. The highest BCUT2D eigenvalue weighted by Gasteiger charge is 2.17. The Hall–Kier alpha value is -1.35. The zero-order chi connectivity index (χ0) is 13.4. The second-order valence-corrected chi connectivity index (χ2v) is 4.77. The van der Waals surface area contributed by atoms with Gasteiger partial charge in [0.05, 0.1) is 0 Å². The molecule has 0 bridgehead atoms. The fourth-order valence-electron chi connectivity index (χ4n) is 2.02. The Morgan fingerprint density at radius 2 is 1.94 bits per heavy atom. The fourth-order valence-corrected chi connectivity index (χ4v) is 2.02. The van der Waals surface area contributed by atoms with Gasteiger partial charge in [0.1, 0.15) is 6.04 Å². The van der Waals surface area contributed by atoms with Crippen LogP contribution in [-0.2, 0) is 11.2 Å². The van der Waals surface area contributed by atoms with Gasteiger partial charge in [-0.2, -0.15) is 0 Å².